The van der Waals surface area contributed by atoms with Gasteiger partial charge in [-0.3, -0.25) is 9.20 Å². The Hall–Kier alpha value is -3.81. The smallest absolute Gasteiger partial charge is 0.338 e. The predicted octanol–water partition coefficient (Wildman–Crippen LogP) is 2.00. The Kier molecular flexibility index (Phi) is 4.67. The Morgan fingerprint density at radius 1 is 1.14 bits per heavy atom. The molecule has 1 aromatic carbocycles. The van der Waals surface area contributed by atoms with Crippen LogP contribution in [0, 0.1) is 6.92 Å². The van der Waals surface area contributed by atoms with Crippen LogP contribution in [0.5, 0.6) is 0 Å². The van der Waals surface area contributed by atoms with Crippen LogP contribution in [0.15, 0.2) is 66.1 Å². The van der Waals surface area contributed by atoms with Gasteiger partial charge in [0.25, 0.3) is 5.56 Å². The molecule has 0 aliphatic rings. The number of hydrogen-bond donors (Lipinski definition) is 0. The summed E-state index contributed by atoms with van der Waals surface area (Å²) in [7, 11) is 0. The molecule has 0 aliphatic heterocycles. The van der Waals surface area contributed by atoms with Crippen LogP contribution in [0.2, 0.25) is 0 Å². The molecule has 0 atom stereocenters. The van der Waals surface area contributed by atoms with E-state index in [9.17, 15) is 9.59 Å². The van der Waals surface area contributed by atoms with Crippen LogP contribution in [-0.4, -0.2) is 30.1 Å². The van der Waals surface area contributed by atoms with E-state index in [4.69, 9.17) is 4.74 Å². The molecule has 0 amide bonds. The molecule has 4 aromatic rings. The third-order valence-corrected chi connectivity index (χ3v) is 4.23. The second-order valence-electron chi connectivity index (χ2n) is 6.38. The van der Waals surface area contributed by atoms with Gasteiger partial charge in [-0.2, -0.15) is 5.10 Å². The number of benzene rings is 1. The number of aryl methyl sites for hydroxylation is 1. The van der Waals surface area contributed by atoms with Gasteiger partial charge in [0.1, 0.15) is 24.9 Å². The van der Waals surface area contributed by atoms with Gasteiger partial charge in [-0.05, 0) is 42.3 Å². The lowest BCUT2D eigenvalue weighted by atomic mass is 10.1. The first kappa shape index (κ1) is 17.6. The summed E-state index contributed by atoms with van der Waals surface area (Å²) in [4.78, 5) is 32.7. The van der Waals surface area contributed by atoms with E-state index in [-0.39, 0.29) is 12.2 Å². The Balaban J connectivity index is 1.44. The lowest BCUT2D eigenvalue weighted by Gasteiger charge is -2.07. The highest BCUT2D eigenvalue weighted by Crippen LogP contribution is 2.09. The van der Waals surface area contributed by atoms with Gasteiger partial charge in [0, 0.05) is 12.3 Å². The molecule has 0 fully saturated rings. The van der Waals surface area contributed by atoms with E-state index >= 15 is 0 Å². The van der Waals surface area contributed by atoms with E-state index in [1.807, 2.05) is 25.1 Å². The van der Waals surface area contributed by atoms with E-state index in [0.717, 1.165) is 11.1 Å². The third-order valence-electron chi connectivity index (χ3n) is 4.23. The Bertz CT molecular complexity index is 1180. The maximum atomic E-state index is 12.3. The Morgan fingerprint density at radius 2 is 1.96 bits per heavy atom. The second kappa shape index (κ2) is 7.43. The zero-order valence-corrected chi connectivity index (χ0v) is 15.1. The first-order valence-corrected chi connectivity index (χ1v) is 8.66. The zero-order chi connectivity index (χ0) is 19.5. The molecule has 0 radical (unpaired) electrons. The molecule has 3 aromatic heterocycles. The summed E-state index contributed by atoms with van der Waals surface area (Å²) in [6.45, 7) is 2.42. The monoisotopic (exact) mass is 375 g/mol. The summed E-state index contributed by atoms with van der Waals surface area (Å²) in [6.07, 6.45) is 4.78. The summed E-state index contributed by atoms with van der Waals surface area (Å²) in [5, 5.41) is 4.05. The number of pyridine rings is 1. The van der Waals surface area contributed by atoms with Crippen molar-refractivity contribution in [2.24, 2.45) is 0 Å². The molecule has 3 heterocycles. The van der Waals surface area contributed by atoms with Crippen molar-refractivity contribution in [1.29, 1.82) is 0 Å². The highest BCUT2D eigenvalue weighted by atomic mass is 16.5. The predicted molar refractivity (Wildman–Crippen MR) is 101 cm³/mol. The van der Waals surface area contributed by atoms with E-state index < -0.39 is 5.97 Å². The molecule has 140 valence electrons. The second-order valence-corrected chi connectivity index (χ2v) is 6.38. The largest absolute Gasteiger partial charge is 0.456 e. The maximum Gasteiger partial charge on any atom is 0.338 e. The minimum atomic E-state index is -0.474. The van der Waals surface area contributed by atoms with Crippen molar-refractivity contribution in [3.8, 4) is 0 Å². The van der Waals surface area contributed by atoms with Crippen LogP contribution in [0.4, 0.5) is 0 Å². The molecule has 8 nitrogen and oxygen atoms in total. The SMILES string of the molecule is Cc1ccn2c(=O)cc(COC(=O)c3ccc(Cn4cncn4)cc3)nc2c1. The summed E-state index contributed by atoms with van der Waals surface area (Å²) in [5.41, 5.74) is 3.13. The molecule has 0 saturated carbocycles. The van der Waals surface area contributed by atoms with Gasteiger partial charge < -0.3 is 4.74 Å². The number of rotatable bonds is 5. The van der Waals surface area contributed by atoms with Gasteiger partial charge in [-0.1, -0.05) is 12.1 Å². The first-order valence-electron chi connectivity index (χ1n) is 8.66. The number of carbonyl (C=O) groups excluding carboxylic acids is 1. The summed E-state index contributed by atoms with van der Waals surface area (Å²) >= 11 is 0. The van der Waals surface area contributed by atoms with Crippen LogP contribution in [0.3, 0.4) is 0 Å². The van der Waals surface area contributed by atoms with Crippen molar-refractivity contribution in [3.63, 3.8) is 0 Å². The zero-order valence-electron chi connectivity index (χ0n) is 15.1. The summed E-state index contributed by atoms with van der Waals surface area (Å²) in [5.74, 6) is -0.474. The number of aromatic nitrogens is 5. The minimum Gasteiger partial charge on any atom is -0.456 e. The fourth-order valence-corrected chi connectivity index (χ4v) is 2.80. The van der Waals surface area contributed by atoms with E-state index in [1.165, 1.54) is 16.8 Å². The van der Waals surface area contributed by atoms with E-state index in [0.29, 0.717) is 23.4 Å². The molecule has 0 spiro atoms. The highest BCUT2D eigenvalue weighted by Gasteiger charge is 2.10. The molecule has 28 heavy (non-hydrogen) atoms. The molecule has 8 heteroatoms. The maximum absolute atomic E-state index is 12.3. The highest BCUT2D eigenvalue weighted by molar-refractivity contribution is 5.89. The van der Waals surface area contributed by atoms with E-state index in [2.05, 4.69) is 15.1 Å². The lowest BCUT2D eigenvalue weighted by Crippen LogP contribution is -2.16. The summed E-state index contributed by atoms with van der Waals surface area (Å²) in [6, 6.07) is 12.1. The van der Waals surface area contributed by atoms with Crippen molar-refractivity contribution < 1.29 is 9.53 Å². The number of carbonyl (C=O) groups is 1. The van der Waals surface area contributed by atoms with Crippen molar-refractivity contribution in [2.75, 3.05) is 0 Å². The molecule has 4 rings (SSSR count). The van der Waals surface area contributed by atoms with Gasteiger partial charge in [0.2, 0.25) is 0 Å². The topological polar surface area (TPSA) is 91.4 Å². The average molecular weight is 375 g/mol. The van der Waals surface area contributed by atoms with Crippen molar-refractivity contribution in [2.45, 2.75) is 20.1 Å². The van der Waals surface area contributed by atoms with Crippen LogP contribution in [0.1, 0.15) is 27.2 Å². The molecular formula is C20H17N5O3. The van der Waals surface area contributed by atoms with Crippen molar-refractivity contribution in [3.05, 3.63) is 94.1 Å². The van der Waals surface area contributed by atoms with Gasteiger partial charge in [-0.25, -0.2) is 19.4 Å². The quantitative estimate of drug-likeness (QED) is 0.496. The standard InChI is InChI=1S/C20H17N5O3/c1-14-6-7-25-18(8-14)23-17(9-19(25)26)11-28-20(27)16-4-2-15(3-5-16)10-24-13-21-12-22-24/h2-9,12-13H,10-11H2,1H3. The molecule has 0 bridgehead atoms. The fraction of sp³-hybridized carbons (Fsp3) is 0.150. The van der Waals surface area contributed by atoms with Crippen LogP contribution in [-0.2, 0) is 17.9 Å². The average Bonchev–Trinajstić information content (AvgIpc) is 3.19. The Labute approximate surface area is 160 Å². The molecule has 0 saturated heterocycles. The Morgan fingerprint density at radius 3 is 2.71 bits per heavy atom. The van der Waals surface area contributed by atoms with Gasteiger partial charge in [0.15, 0.2) is 0 Å². The number of hydrogen-bond acceptors (Lipinski definition) is 6. The number of fused-ring (bicyclic) bond motifs is 1. The van der Waals surface area contributed by atoms with Crippen LogP contribution >= 0.6 is 0 Å². The number of nitrogens with zero attached hydrogens (tertiary/aromatic N) is 5. The molecule has 0 N–H and O–H groups in total. The first-order chi connectivity index (χ1) is 13.6. The van der Waals surface area contributed by atoms with Gasteiger partial charge >= 0.3 is 5.97 Å². The number of esters is 1. The summed E-state index contributed by atoms with van der Waals surface area (Å²) < 4.78 is 8.46. The van der Waals surface area contributed by atoms with Crippen LogP contribution in [0.25, 0.3) is 5.65 Å². The third kappa shape index (κ3) is 3.80. The molecular weight excluding hydrogens is 358 g/mol. The van der Waals surface area contributed by atoms with Crippen molar-refractivity contribution in [1.82, 2.24) is 24.1 Å². The van der Waals surface area contributed by atoms with Crippen LogP contribution < -0.4 is 5.56 Å². The lowest BCUT2D eigenvalue weighted by molar-refractivity contribution is 0.0467. The van der Waals surface area contributed by atoms with Gasteiger partial charge in [-0.15, -0.1) is 0 Å². The van der Waals surface area contributed by atoms with E-state index in [1.54, 1.807) is 35.4 Å². The minimum absolute atomic E-state index is 0.0702. The fourth-order valence-electron chi connectivity index (χ4n) is 2.80. The van der Waals surface area contributed by atoms with Gasteiger partial charge in [0.05, 0.1) is 17.8 Å². The molecule has 0 unspecified atom stereocenters. The molecule has 0 aliphatic carbocycles. The normalized spacial score (nSPS) is 10.9. The number of ether oxygens (including phenoxy) is 1. The van der Waals surface area contributed by atoms with Crippen molar-refractivity contribution >= 4 is 11.6 Å².